The van der Waals surface area contributed by atoms with Crippen LogP contribution in [0.4, 0.5) is 5.69 Å². The van der Waals surface area contributed by atoms with Gasteiger partial charge in [0.15, 0.2) is 5.84 Å². The first-order chi connectivity index (χ1) is 13.2. The zero-order valence-electron chi connectivity index (χ0n) is 14.9. The minimum atomic E-state index is 0.214. The number of hydrogen-bond donors (Lipinski definition) is 2. The summed E-state index contributed by atoms with van der Waals surface area (Å²) in [6.07, 6.45) is 3.35. The standard InChI is InChI=1S/C21H20N4O2/c1-2-27-19-12-8-17(9-13-19)24-21(20-5-3-4-14-22-20)25-23-15-16-6-10-18(26)11-7-16/h3-15,26H,2H2,1H3,(H,24,25). The Hall–Kier alpha value is -3.67. The maximum Gasteiger partial charge on any atom is 0.172 e. The molecule has 0 radical (unpaired) electrons. The Labute approximate surface area is 157 Å². The van der Waals surface area contributed by atoms with Crippen LogP contribution in [0.1, 0.15) is 18.2 Å². The number of aromatic nitrogens is 1. The molecule has 0 spiro atoms. The molecule has 2 aromatic carbocycles. The molecule has 0 bridgehead atoms. The number of phenols is 1. The predicted molar refractivity (Wildman–Crippen MR) is 107 cm³/mol. The highest BCUT2D eigenvalue weighted by atomic mass is 16.5. The third kappa shape index (κ3) is 5.40. The van der Waals surface area contributed by atoms with E-state index in [4.69, 9.17) is 4.74 Å². The van der Waals surface area contributed by atoms with Gasteiger partial charge in [-0.15, -0.1) is 0 Å². The number of nitrogens with zero attached hydrogens (tertiary/aromatic N) is 3. The van der Waals surface area contributed by atoms with Crippen molar-refractivity contribution in [2.45, 2.75) is 6.92 Å². The Kier molecular flexibility index (Phi) is 6.14. The molecule has 27 heavy (non-hydrogen) atoms. The fourth-order valence-corrected chi connectivity index (χ4v) is 2.28. The van der Waals surface area contributed by atoms with Crippen LogP contribution in [0, 0.1) is 0 Å². The molecule has 0 unspecified atom stereocenters. The number of hydrazone groups is 1. The van der Waals surface area contributed by atoms with E-state index in [0.717, 1.165) is 17.0 Å². The lowest BCUT2D eigenvalue weighted by Crippen LogP contribution is -2.20. The van der Waals surface area contributed by atoms with E-state index in [1.54, 1.807) is 36.7 Å². The number of amidine groups is 1. The van der Waals surface area contributed by atoms with Gasteiger partial charge in [0, 0.05) is 6.20 Å². The van der Waals surface area contributed by atoms with Crippen molar-refractivity contribution < 1.29 is 9.84 Å². The summed E-state index contributed by atoms with van der Waals surface area (Å²) >= 11 is 0. The van der Waals surface area contributed by atoms with Gasteiger partial charge in [-0.1, -0.05) is 6.07 Å². The van der Waals surface area contributed by atoms with E-state index in [1.165, 1.54) is 0 Å². The van der Waals surface area contributed by atoms with Gasteiger partial charge < -0.3 is 9.84 Å². The fourth-order valence-electron chi connectivity index (χ4n) is 2.28. The Bertz CT molecular complexity index is 905. The largest absolute Gasteiger partial charge is 0.508 e. The highest BCUT2D eigenvalue weighted by Crippen LogP contribution is 2.18. The third-order valence-electron chi connectivity index (χ3n) is 3.57. The monoisotopic (exact) mass is 360 g/mol. The summed E-state index contributed by atoms with van der Waals surface area (Å²) in [7, 11) is 0. The normalized spacial score (nSPS) is 11.5. The SMILES string of the molecule is CCOc1ccc(N=C(NN=Cc2ccc(O)cc2)c2ccccn2)cc1. The number of rotatable bonds is 6. The summed E-state index contributed by atoms with van der Waals surface area (Å²) in [5, 5.41) is 13.6. The summed E-state index contributed by atoms with van der Waals surface area (Å²) in [5.41, 5.74) is 5.23. The van der Waals surface area contributed by atoms with Crippen LogP contribution < -0.4 is 10.2 Å². The fraction of sp³-hybridized carbons (Fsp3) is 0.0952. The Morgan fingerprint density at radius 2 is 1.85 bits per heavy atom. The first kappa shape index (κ1) is 18.1. The van der Waals surface area contributed by atoms with Crippen LogP contribution in [-0.4, -0.2) is 28.7 Å². The van der Waals surface area contributed by atoms with E-state index in [9.17, 15) is 5.11 Å². The van der Waals surface area contributed by atoms with Gasteiger partial charge in [-0.3, -0.25) is 10.4 Å². The van der Waals surface area contributed by atoms with Gasteiger partial charge in [0.25, 0.3) is 0 Å². The van der Waals surface area contributed by atoms with Crippen molar-refractivity contribution in [3.63, 3.8) is 0 Å². The second-order valence-electron chi connectivity index (χ2n) is 5.56. The molecule has 0 aliphatic rings. The van der Waals surface area contributed by atoms with Gasteiger partial charge in [-0.2, -0.15) is 5.10 Å². The number of aliphatic imine (C=N–C) groups is 1. The molecule has 0 saturated heterocycles. The number of pyridine rings is 1. The molecule has 3 rings (SSSR count). The van der Waals surface area contributed by atoms with Crippen molar-refractivity contribution in [1.82, 2.24) is 10.4 Å². The Morgan fingerprint density at radius 3 is 2.52 bits per heavy atom. The molecule has 1 aromatic heterocycles. The molecular weight excluding hydrogens is 340 g/mol. The lowest BCUT2D eigenvalue weighted by molar-refractivity contribution is 0.340. The summed E-state index contributed by atoms with van der Waals surface area (Å²) in [4.78, 5) is 8.94. The van der Waals surface area contributed by atoms with Crippen LogP contribution in [-0.2, 0) is 0 Å². The second-order valence-corrected chi connectivity index (χ2v) is 5.56. The van der Waals surface area contributed by atoms with Gasteiger partial charge >= 0.3 is 0 Å². The molecule has 0 amide bonds. The van der Waals surface area contributed by atoms with Crippen LogP contribution in [0.3, 0.4) is 0 Å². The number of benzene rings is 2. The van der Waals surface area contributed by atoms with E-state index < -0.39 is 0 Å². The Balaban J connectivity index is 1.81. The zero-order valence-corrected chi connectivity index (χ0v) is 14.9. The highest BCUT2D eigenvalue weighted by Gasteiger charge is 2.04. The minimum Gasteiger partial charge on any atom is -0.508 e. The van der Waals surface area contributed by atoms with Crippen molar-refractivity contribution in [1.29, 1.82) is 0 Å². The van der Waals surface area contributed by atoms with Gasteiger partial charge in [0.2, 0.25) is 0 Å². The lowest BCUT2D eigenvalue weighted by atomic mass is 10.2. The van der Waals surface area contributed by atoms with Crippen molar-refractivity contribution in [2.75, 3.05) is 6.61 Å². The van der Waals surface area contributed by atoms with Gasteiger partial charge in [0.05, 0.1) is 18.5 Å². The van der Waals surface area contributed by atoms with Crippen LogP contribution in [0.2, 0.25) is 0 Å². The molecule has 0 saturated carbocycles. The lowest BCUT2D eigenvalue weighted by Gasteiger charge is -2.06. The van der Waals surface area contributed by atoms with E-state index in [2.05, 4.69) is 20.5 Å². The van der Waals surface area contributed by atoms with Crippen molar-refractivity contribution in [2.24, 2.45) is 10.1 Å². The summed E-state index contributed by atoms with van der Waals surface area (Å²) in [6.45, 7) is 2.57. The highest BCUT2D eigenvalue weighted by molar-refractivity contribution is 5.99. The number of ether oxygens (including phenoxy) is 1. The predicted octanol–water partition coefficient (Wildman–Crippen LogP) is 3.89. The quantitative estimate of drug-likeness (QED) is 0.397. The first-order valence-corrected chi connectivity index (χ1v) is 8.55. The molecule has 0 atom stereocenters. The zero-order chi connectivity index (χ0) is 18.9. The number of nitrogens with one attached hydrogen (secondary N) is 1. The summed E-state index contributed by atoms with van der Waals surface area (Å²) in [6, 6.07) is 19.8. The van der Waals surface area contributed by atoms with Crippen LogP contribution in [0.25, 0.3) is 0 Å². The molecule has 0 fully saturated rings. The topological polar surface area (TPSA) is 79.1 Å². The first-order valence-electron chi connectivity index (χ1n) is 8.55. The third-order valence-corrected chi connectivity index (χ3v) is 3.57. The summed E-state index contributed by atoms with van der Waals surface area (Å²) < 4.78 is 5.45. The maximum atomic E-state index is 9.34. The van der Waals surface area contributed by atoms with Crippen molar-refractivity contribution >= 4 is 17.7 Å². The van der Waals surface area contributed by atoms with E-state index in [1.807, 2.05) is 49.4 Å². The second kappa shape index (κ2) is 9.15. The number of aromatic hydroxyl groups is 1. The van der Waals surface area contributed by atoms with E-state index in [0.29, 0.717) is 18.1 Å². The van der Waals surface area contributed by atoms with Crippen LogP contribution >= 0.6 is 0 Å². The van der Waals surface area contributed by atoms with Crippen molar-refractivity contribution in [3.8, 4) is 11.5 Å². The number of hydrogen-bond acceptors (Lipinski definition) is 5. The molecular formula is C21H20N4O2. The molecule has 0 aliphatic carbocycles. The van der Waals surface area contributed by atoms with E-state index >= 15 is 0 Å². The smallest absolute Gasteiger partial charge is 0.172 e. The molecule has 0 aliphatic heterocycles. The average molecular weight is 360 g/mol. The van der Waals surface area contributed by atoms with Gasteiger partial charge in [-0.05, 0) is 73.2 Å². The molecule has 6 nitrogen and oxygen atoms in total. The molecule has 6 heteroatoms. The average Bonchev–Trinajstić information content (AvgIpc) is 2.71. The number of phenolic OH excluding ortho intramolecular Hbond substituents is 1. The van der Waals surface area contributed by atoms with Crippen molar-refractivity contribution in [3.05, 3.63) is 84.2 Å². The van der Waals surface area contributed by atoms with Crippen LogP contribution in [0.15, 0.2) is 83.0 Å². The van der Waals surface area contributed by atoms with Gasteiger partial charge in [0.1, 0.15) is 17.2 Å². The van der Waals surface area contributed by atoms with Gasteiger partial charge in [-0.25, -0.2) is 4.99 Å². The Morgan fingerprint density at radius 1 is 1.07 bits per heavy atom. The molecule has 136 valence electrons. The summed E-state index contributed by atoms with van der Waals surface area (Å²) in [5.74, 6) is 1.54. The van der Waals surface area contributed by atoms with Crippen LogP contribution in [0.5, 0.6) is 11.5 Å². The minimum absolute atomic E-state index is 0.214. The van der Waals surface area contributed by atoms with E-state index in [-0.39, 0.29) is 5.75 Å². The molecule has 3 aromatic rings. The molecule has 2 N–H and O–H groups in total. The maximum absolute atomic E-state index is 9.34. The molecule has 1 heterocycles.